The molecule has 0 bridgehead atoms. The van der Waals surface area contributed by atoms with Crippen molar-refractivity contribution in [1.29, 1.82) is 0 Å². The maximum atomic E-state index is 14.6. The number of hydrogen-bond donors (Lipinski definition) is 1. The van der Waals surface area contributed by atoms with Crippen molar-refractivity contribution >= 4 is 63.0 Å². The zero-order valence-corrected chi connectivity index (χ0v) is 27.9. The van der Waals surface area contributed by atoms with E-state index >= 15 is 0 Å². The van der Waals surface area contributed by atoms with E-state index in [0.717, 1.165) is 0 Å². The van der Waals surface area contributed by atoms with Crippen molar-refractivity contribution < 1.29 is 33.1 Å². The van der Waals surface area contributed by atoms with Gasteiger partial charge in [-0.15, -0.1) is 0 Å². The van der Waals surface area contributed by atoms with Gasteiger partial charge in [0.2, 0.25) is 11.8 Å². The van der Waals surface area contributed by atoms with Gasteiger partial charge in [-0.2, -0.15) is 0 Å². The van der Waals surface area contributed by atoms with E-state index in [1.165, 1.54) is 30.9 Å². The number of nitrogens with one attached hydrogen (secondary N) is 1. The lowest BCUT2D eigenvalue weighted by atomic mass is 10.00. The Balaban J connectivity index is 1.10. The maximum absolute atomic E-state index is 14.6. The highest BCUT2D eigenvalue weighted by atomic mass is 35.5. The van der Waals surface area contributed by atoms with Crippen molar-refractivity contribution in [3.05, 3.63) is 94.8 Å². The smallest absolute Gasteiger partial charge is 0.326 e. The van der Waals surface area contributed by atoms with Crippen LogP contribution in [0.2, 0.25) is 5.02 Å². The average molecular weight is 699 g/mol. The molecule has 0 spiro atoms. The van der Waals surface area contributed by atoms with Crippen LogP contribution in [0.4, 0.5) is 4.39 Å². The predicted molar refractivity (Wildman–Crippen MR) is 180 cm³/mol. The summed E-state index contributed by atoms with van der Waals surface area (Å²) in [6, 6.07) is 10.1. The van der Waals surface area contributed by atoms with Crippen molar-refractivity contribution in [1.82, 2.24) is 29.3 Å². The maximum Gasteiger partial charge on any atom is 0.326 e. The number of nitrogens with zero attached hydrogens (tertiary/aromatic N) is 5. The van der Waals surface area contributed by atoms with Gasteiger partial charge in [0.25, 0.3) is 0 Å². The molecule has 1 aliphatic heterocycles. The van der Waals surface area contributed by atoms with Crippen molar-refractivity contribution in [3.8, 4) is 0 Å². The van der Waals surface area contributed by atoms with Gasteiger partial charge >= 0.3 is 5.97 Å². The van der Waals surface area contributed by atoms with Crippen molar-refractivity contribution in [2.24, 2.45) is 5.41 Å². The monoisotopic (exact) mass is 698 g/mol. The number of ketones is 2. The van der Waals surface area contributed by atoms with Crippen LogP contribution in [0.15, 0.2) is 67.3 Å². The molecule has 12 nitrogen and oxygen atoms in total. The molecule has 2 fully saturated rings. The van der Waals surface area contributed by atoms with E-state index in [-0.39, 0.29) is 60.7 Å². The number of piperidine rings is 1. The summed E-state index contributed by atoms with van der Waals surface area (Å²) in [5.74, 6) is -2.41. The lowest BCUT2D eigenvalue weighted by Crippen LogP contribution is -2.48. The highest BCUT2D eigenvalue weighted by Crippen LogP contribution is 2.59. The molecule has 1 saturated carbocycles. The van der Waals surface area contributed by atoms with E-state index in [4.69, 9.17) is 16.3 Å². The summed E-state index contributed by atoms with van der Waals surface area (Å²) in [5, 5.41) is 3.92. The minimum atomic E-state index is -0.931. The molecule has 1 saturated heterocycles. The number of hydrogen-bond acceptors (Lipinski definition) is 8. The molecule has 256 valence electrons. The van der Waals surface area contributed by atoms with Gasteiger partial charge in [-0.25, -0.2) is 14.4 Å². The van der Waals surface area contributed by atoms with E-state index < -0.39 is 35.2 Å². The fraction of sp³-hybridized carbons (Fsp3) is 0.306. The number of Topliss-reactive ketones (excluding diaryl/α,β-unsaturated/α-hetero) is 2. The quantitative estimate of drug-likeness (QED) is 0.157. The topological polar surface area (TPSA) is 145 Å². The first-order valence-electron chi connectivity index (χ1n) is 16.0. The number of ether oxygens (including phenoxy) is 1. The van der Waals surface area contributed by atoms with Gasteiger partial charge in [-0.05, 0) is 57.0 Å². The predicted octanol–water partition coefficient (Wildman–Crippen LogP) is 4.50. The summed E-state index contributed by atoms with van der Waals surface area (Å²) in [5.41, 5.74) is 1.32. The molecular formula is C36H32ClFN6O6. The van der Waals surface area contributed by atoms with Gasteiger partial charge in [0.1, 0.15) is 36.2 Å². The van der Waals surface area contributed by atoms with Crippen LogP contribution < -0.4 is 5.32 Å². The molecule has 5 heterocycles. The number of amides is 2. The number of carbonyl (C=O) groups is 5. The number of likely N-dealkylation sites (tertiary alicyclic amines) is 1. The fourth-order valence-corrected chi connectivity index (χ4v) is 7.28. The summed E-state index contributed by atoms with van der Waals surface area (Å²) in [7, 11) is 0. The van der Waals surface area contributed by atoms with Gasteiger partial charge in [-0.3, -0.25) is 24.0 Å². The molecule has 5 aromatic rings. The third kappa shape index (κ3) is 5.91. The highest BCUT2D eigenvalue weighted by molar-refractivity contribution is 6.30. The van der Waals surface area contributed by atoms with Gasteiger partial charge in [0.15, 0.2) is 11.6 Å². The number of benzene rings is 1. The van der Waals surface area contributed by atoms with Crippen LogP contribution in [0, 0.1) is 11.2 Å². The molecule has 1 N–H and O–H groups in total. The fourth-order valence-electron chi connectivity index (χ4n) is 7.09. The molecule has 0 radical (unpaired) electrons. The Kier molecular flexibility index (Phi) is 8.46. The number of pyridine rings is 2. The third-order valence-corrected chi connectivity index (χ3v) is 9.94. The summed E-state index contributed by atoms with van der Waals surface area (Å²) >= 11 is 5.93. The Hall–Kier alpha value is -5.43. The van der Waals surface area contributed by atoms with Crippen molar-refractivity contribution in [2.45, 2.75) is 58.4 Å². The first kappa shape index (κ1) is 33.1. The number of esters is 1. The SMILES string of the molecule is CC(=O)c1cn(CC(=O)OC[C@@]23C[C@@H](C(=O)NCc4cccc(Cl)c4F)N(C(=O)Cn4cc(C(C)=O)c5cccnc54)[C@@H]2C3)c2ncccc12. The summed E-state index contributed by atoms with van der Waals surface area (Å²) in [4.78, 5) is 75.6. The lowest BCUT2D eigenvalue weighted by Gasteiger charge is -2.27. The van der Waals surface area contributed by atoms with Crippen LogP contribution in [0.25, 0.3) is 22.1 Å². The van der Waals surface area contributed by atoms with Crippen molar-refractivity contribution in [2.75, 3.05) is 6.61 Å². The number of fused-ring (bicyclic) bond motifs is 3. The standard InChI is InChI=1S/C36H32ClFN6O6/c1-20(45)25-15-42(33-23(25)7-4-10-39-33)17-30(47)44-28(35(49)41-14-22-6-3-9-27(37)32(22)38)12-36(13-29(36)44)19-50-31(48)18-43-16-26(21(2)46)24-8-5-11-40-34(24)43/h3-11,15-16,28-29H,12-14,17-19H2,1-2H3,(H,41,49)/t28-,29+,36-/m0/s1. The van der Waals surface area contributed by atoms with Gasteiger partial charge in [0, 0.05) is 70.3 Å². The van der Waals surface area contributed by atoms with Gasteiger partial charge in [-0.1, -0.05) is 23.7 Å². The second-order valence-corrected chi connectivity index (χ2v) is 13.3. The van der Waals surface area contributed by atoms with E-state index in [2.05, 4.69) is 15.3 Å². The van der Waals surface area contributed by atoms with Crippen LogP contribution in [0.3, 0.4) is 0 Å². The molecule has 2 amide bonds. The molecule has 1 aliphatic carbocycles. The van der Waals surface area contributed by atoms with Crippen LogP contribution in [0.5, 0.6) is 0 Å². The summed E-state index contributed by atoms with van der Waals surface area (Å²) < 4.78 is 23.5. The van der Waals surface area contributed by atoms with E-state index in [1.807, 2.05) is 0 Å². The van der Waals surface area contributed by atoms with Crippen LogP contribution in [0.1, 0.15) is 53.0 Å². The van der Waals surface area contributed by atoms with Crippen molar-refractivity contribution in [3.63, 3.8) is 0 Å². The molecule has 7 rings (SSSR count). The molecular weight excluding hydrogens is 667 g/mol. The molecule has 4 aromatic heterocycles. The number of halogens is 2. The zero-order chi connectivity index (χ0) is 35.3. The molecule has 2 aliphatic rings. The van der Waals surface area contributed by atoms with Gasteiger partial charge < -0.3 is 24.1 Å². The van der Waals surface area contributed by atoms with Gasteiger partial charge in [0.05, 0.1) is 11.6 Å². The average Bonchev–Trinajstić information content (AvgIpc) is 3.35. The highest BCUT2D eigenvalue weighted by Gasteiger charge is 2.67. The summed E-state index contributed by atoms with van der Waals surface area (Å²) in [6.45, 7) is 2.32. The number of aromatic nitrogens is 4. The molecule has 0 unspecified atom stereocenters. The Labute approximate surface area is 290 Å². The first-order chi connectivity index (χ1) is 24.0. The lowest BCUT2D eigenvalue weighted by molar-refractivity contribution is -0.146. The Morgan fingerprint density at radius 2 is 1.52 bits per heavy atom. The first-order valence-corrected chi connectivity index (χ1v) is 16.4. The molecule has 1 aromatic carbocycles. The molecule has 3 atom stereocenters. The Bertz CT molecular complexity index is 2230. The van der Waals surface area contributed by atoms with Crippen LogP contribution in [-0.2, 0) is 38.8 Å². The van der Waals surface area contributed by atoms with E-state index in [1.54, 1.807) is 64.3 Å². The van der Waals surface area contributed by atoms with Crippen LogP contribution >= 0.6 is 11.6 Å². The Morgan fingerprint density at radius 3 is 2.14 bits per heavy atom. The second-order valence-electron chi connectivity index (χ2n) is 12.9. The molecule has 14 heteroatoms. The molecule has 50 heavy (non-hydrogen) atoms. The largest absolute Gasteiger partial charge is 0.464 e. The minimum absolute atomic E-state index is 0.0400. The Morgan fingerprint density at radius 1 is 0.900 bits per heavy atom. The van der Waals surface area contributed by atoms with E-state index in [9.17, 15) is 28.4 Å². The minimum Gasteiger partial charge on any atom is -0.464 e. The second kappa shape index (κ2) is 12.8. The number of rotatable bonds is 11. The summed E-state index contributed by atoms with van der Waals surface area (Å²) in [6.07, 6.45) is 7.03. The van der Waals surface area contributed by atoms with Crippen LogP contribution in [-0.4, -0.2) is 72.0 Å². The third-order valence-electron chi connectivity index (χ3n) is 9.65. The number of carbonyl (C=O) groups excluding carboxylic acids is 5. The zero-order valence-electron chi connectivity index (χ0n) is 27.2. The normalized spacial score (nSPS) is 19.4. The van der Waals surface area contributed by atoms with E-state index in [0.29, 0.717) is 39.6 Å².